The number of hydrogen-bond acceptors (Lipinski definition) is 3. The van der Waals surface area contributed by atoms with E-state index < -0.39 is 11.5 Å². The van der Waals surface area contributed by atoms with Crippen molar-refractivity contribution >= 4 is 18.2 Å². The number of aliphatic carboxylic acids is 1. The van der Waals surface area contributed by atoms with Crippen LogP contribution in [0.5, 0.6) is 0 Å². The van der Waals surface area contributed by atoms with Crippen molar-refractivity contribution in [1.82, 2.24) is 9.55 Å². The van der Waals surface area contributed by atoms with E-state index in [1.807, 2.05) is 19.1 Å². The van der Waals surface area contributed by atoms with Gasteiger partial charge < -0.3 is 10.1 Å². The van der Waals surface area contributed by atoms with Gasteiger partial charge in [-0.2, -0.15) is 0 Å². The summed E-state index contributed by atoms with van der Waals surface area (Å²) in [5.74, 6) is -1.06. The molecule has 0 aliphatic heterocycles. The lowest BCUT2D eigenvalue weighted by Crippen LogP contribution is -2.25. The SMILES string of the molecule is CCc1ccc(-n2c(=S)[nH]cc(CC(=O)O)c2=O)cc1. The quantitative estimate of drug-likeness (QED) is 0.845. The van der Waals surface area contributed by atoms with Crippen LogP contribution in [0.15, 0.2) is 35.3 Å². The molecule has 0 bridgehead atoms. The van der Waals surface area contributed by atoms with Crippen LogP contribution in [0.4, 0.5) is 0 Å². The molecule has 1 heterocycles. The predicted molar refractivity (Wildman–Crippen MR) is 77.9 cm³/mol. The third-order valence-corrected chi connectivity index (χ3v) is 3.30. The van der Waals surface area contributed by atoms with Gasteiger partial charge in [0.1, 0.15) is 0 Å². The Bertz CT molecular complexity index is 744. The van der Waals surface area contributed by atoms with E-state index in [9.17, 15) is 9.59 Å². The molecule has 6 heteroatoms. The van der Waals surface area contributed by atoms with Crippen LogP contribution < -0.4 is 5.56 Å². The van der Waals surface area contributed by atoms with Crippen molar-refractivity contribution in [2.75, 3.05) is 0 Å². The Kier molecular flexibility index (Phi) is 4.14. The van der Waals surface area contributed by atoms with Crippen LogP contribution in [-0.4, -0.2) is 20.6 Å². The first-order valence-electron chi connectivity index (χ1n) is 6.17. The summed E-state index contributed by atoms with van der Waals surface area (Å²) in [4.78, 5) is 25.8. The fourth-order valence-corrected chi connectivity index (χ4v) is 2.16. The number of benzene rings is 1. The number of carboxylic acid groups (broad SMARTS) is 1. The van der Waals surface area contributed by atoms with E-state index in [1.165, 1.54) is 10.8 Å². The molecule has 0 radical (unpaired) electrons. The summed E-state index contributed by atoms with van der Waals surface area (Å²) in [5.41, 5.74) is 1.55. The molecule has 0 aliphatic rings. The first-order chi connectivity index (χ1) is 9.52. The fourth-order valence-electron chi connectivity index (χ4n) is 1.92. The summed E-state index contributed by atoms with van der Waals surface area (Å²) < 4.78 is 1.56. The number of carbonyl (C=O) groups is 1. The van der Waals surface area contributed by atoms with Crippen molar-refractivity contribution in [2.24, 2.45) is 0 Å². The molecule has 0 atom stereocenters. The van der Waals surface area contributed by atoms with Gasteiger partial charge in [-0.25, -0.2) is 0 Å². The normalized spacial score (nSPS) is 10.4. The van der Waals surface area contributed by atoms with Crippen LogP contribution in [-0.2, 0) is 17.6 Å². The van der Waals surface area contributed by atoms with Crippen molar-refractivity contribution in [3.05, 3.63) is 56.7 Å². The number of hydrogen-bond donors (Lipinski definition) is 2. The lowest BCUT2D eigenvalue weighted by Gasteiger charge is -2.08. The third-order valence-electron chi connectivity index (χ3n) is 3.00. The smallest absolute Gasteiger partial charge is 0.308 e. The second-order valence-electron chi connectivity index (χ2n) is 4.35. The third kappa shape index (κ3) is 2.85. The predicted octanol–water partition coefficient (Wildman–Crippen LogP) is 2.08. The maximum absolute atomic E-state index is 12.3. The minimum atomic E-state index is -1.06. The van der Waals surface area contributed by atoms with E-state index in [0.717, 1.165) is 12.0 Å². The molecule has 2 aromatic rings. The highest BCUT2D eigenvalue weighted by Gasteiger charge is 2.10. The van der Waals surface area contributed by atoms with Crippen LogP contribution in [0.25, 0.3) is 5.69 Å². The van der Waals surface area contributed by atoms with Gasteiger partial charge in [-0.1, -0.05) is 19.1 Å². The molecule has 0 spiro atoms. The fraction of sp³-hybridized carbons (Fsp3) is 0.214. The van der Waals surface area contributed by atoms with Gasteiger partial charge in [0.05, 0.1) is 12.1 Å². The average molecular weight is 290 g/mol. The zero-order chi connectivity index (χ0) is 14.7. The van der Waals surface area contributed by atoms with Crippen LogP contribution in [0.1, 0.15) is 18.1 Å². The summed E-state index contributed by atoms with van der Waals surface area (Å²) >= 11 is 5.12. The first kappa shape index (κ1) is 14.2. The number of carboxylic acids is 1. The highest BCUT2D eigenvalue weighted by atomic mass is 32.1. The minimum absolute atomic E-state index is 0.172. The Morgan fingerprint density at radius 3 is 2.55 bits per heavy atom. The van der Waals surface area contributed by atoms with Crippen molar-refractivity contribution in [1.29, 1.82) is 0 Å². The lowest BCUT2D eigenvalue weighted by molar-refractivity contribution is -0.136. The van der Waals surface area contributed by atoms with Gasteiger partial charge in [-0.15, -0.1) is 0 Å². The summed E-state index contributed by atoms with van der Waals surface area (Å²) in [6.07, 6.45) is 1.93. The Morgan fingerprint density at radius 2 is 2.00 bits per heavy atom. The molecule has 5 nitrogen and oxygen atoms in total. The van der Waals surface area contributed by atoms with Crippen molar-refractivity contribution in [3.8, 4) is 5.69 Å². The summed E-state index contributed by atoms with van der Waals surface area (Å²) in [5, 5.41) is 8.80. The Morgan fingerprint density at radius 1 is 1.35 bits per heavy atom. The average Bonchev–Trinajstić information content (AvgIpc) is 2.42. The maximum Gasteiger partial charge on any atom is 0.308 e. The van der Waals surface area contributed by atoms with Crippen LogP contribution >= 0.6 is 12.2 Å². The van der Waals surface area contributed by atoms with E-state index in [4.69, 9.17) is 17.3 Å². The number of aromatic amines is 1. The number of aromatic nitrogens is 2. The number of rotatable bonds is 4. The monoisotopic (exact) mass is 290 g/mol. The molecule has 104 valence electrons. The van der Waals surface area contributed by atoms with Gasteiger partial charge >= 0.3 is 5.97 Å². The second kappa shape index (κ2) is 5.83. The van der Waals surface area contributed by atoms with Gasteiger partial charge in [0.2, 0.25) is 0 Å². The van der Waals surface area contributed by atoms with Crippen LogP contribution in [0.2, 0.25) is 0 Å². The van der Waals surface area contributed by atoms with Gasteiger partial charge in [-0.3, -0.25) is 14.2 Å². The number of nitrogens with zero attached hydrogens (tertiary/aromatic N) is 1. The largest absolute Gasteiger partial charge is 0.481 e. The zero-order valence-electron chi connectivity index (χ0n) is 10.9. The van der Waals surface area contributed by atoms with E-state index >= 15 is 0 Å². The molecular formula is C14H14N2O3S. The second-order valence-corrected chi connectivity index (χ2v) is 4.74. The van der Waals surface area contributed by atoms with Gasteiger partial charge in [-0.05, 0) is 36.3 Å². The Balaban J connectivity index is 2.57. The lowest BCUT2D eigenvalue weighted by atomic mass is 10.1. The molecule has 2 N–H and O–H groups in total. The van der Waals surface area contributed by atoms with Crippen molar-refractivity contribution in [3.63, 3.8) is 0 Å². The molecule has 0 amide bonds. The molecule has 0 unspecified atom stereocenters. The van der Waals surface area contributed by atoms with Crippen molar-refractivity contribution < 1.29 is 9.90 Å². The molecule has 1 aromatic carbocycles. The number of H-pyrrole nitrogens is 1. The number of nitrogens with one attached hydrogen (secondary N) is 1. The summed E-state index contributed by atoms with van der Waals surface area (Å²) in [6, 6.07) is 7.43. The highest BCUT2D eigenvalue weighted by Crippen LogP contribution is 2.09. The summed E-state index contributed by atoms with van der Waals surface area (Å²) in [7, 11) is 0. The zero-order valence-corrected chi connectivity index (χ0v) is 11.7. The molecule has 2 rings (SSSR count). The van der Waals surface area contributed by atoms with Gasteiger partial charge in [0.15, 0.2) is 4.77 Å². The molecule has 0 fully saturated rings. The standard InChI is InChI=1S/C14H14N2O3S/c1-2-9-3-5-11(6-4-9)16-13(19)10(7-12(17)18)8-15-14(16)20/h3-6,8H,2,7H2,1H3,(H,15,20)(H,17,18). The van der Waals surface area contributed by atoms with Crippen molar-refractivity contribution in [2.45, 2.75) is 19.8 Å². The van der Waals surface area contributed by atoms with Gasteiger partial charge in [0, 0.05) is 11.8 Å². The molecule has 1 aromatic heterocycles. The molecule has 20 heavy (non-hydrogen) atoms. The maximum atomic E-state index is 12.3. The van der Waals surface area contributed by atoms with Gasteiger partial charge in [0.25, 0.3) is 5.56 Å². The Hall–Kier alpha value is -2.21. The molecule has 0 aliphatic carbocycles. The van der Waals surface area contributed by atoms with E-state index in [-0.39, 0.29) is 16.8 Å². The molecule has 0 saturated heterocycles. The molecular weight excluding hydrogens is 276 g/mol. The van der Waals surface area contributed by atoms with E-state index in [2.05, 4.69) is 4.98 Å². The van der Waals surface area contributed by atoms with E-state index in [1.54, 1.807) is 12.1 Å². The van der Waals surface area contributed by atoms with E-state index in [0.29, 0.717) is 5.69 Å². The number of aryl methyl sites for hydroxylation is 1. The topological polar surface area (TPSA) is 75.1 Å². The minimum Gasteiger partial charge on any atom is -0.481 e. The highest BCUT2D eigenvalue weighted by molar-refractivity contribution is 7.71. The van der Waals surface area contributed by atoms with Crippen LogP contribution in [0, 0.1) is 4.77 Å². The summed E-state index contributed by atoms with van der Waals surface area (Å²) in [6.45, 7) is 2.04. The molecule has 0 saturated carbocycles. The van der Waals surface area contributed by atoms with Crippen LogP contribution in [0.3, 0.4) is 0 Å². The first-order valence-corrected chi connectivity index (χ1v) is 6.58. The Labute approximate surface area is 120 Å².